The Hall–Kier alpha value is -0.900. The summed E-state index contributed by atoms with van der Waals surface area (Å²) in [5.41, 5.74) is 6.39. The van der Waals surface area contributed by atoms with Gasteiger partial charge in [0.25, 0.3) is 0 Å². The lowest BCUT2D eigenvalue weighted by Gasteiger charge is -2.33. The maximum absolute atomic E-state index is 6.44. The smallest absolute Gasteiger partial charge is 0.138 e. The van der Waals surface area contributed by atoms with Crippen LogP contribution in [0.15, 0.2) is 6.33 Å². The first-order valence-corrected chi connectivity index (χ1v) is 6.28. The first-order valence-electron chi connectivity index (χ1n) is 6.28. The highest BCUT2D eigenvalue weighted by atomic mass is 15.3. The second-order valence-electron chi connectivity index (χ2n) is 5.31. The van der Waals surface area contributed by atoms with Crippen molar-refractivity contribution in [2.24, 2.45) is 5.73 Å². The minimum absolute atomic E-state index is 0.0437. The summed E-state index contributed by atoms with van der Waals surface area (Å²) >= 11 is 0. The van der Waals surface area contributed by atoms with Gasteiger partial charge < -0.3 is 5.73 Å². The van der Waals surface area contributed by atoms with Gasteiger partial charge in [-0.2, -0.15) is 5.10 Å². The second-order valence-corrected chi connectivity index (χ2v) is 5.31. The molecular weight excluding hydrogens is 200 g/mol. The van der Waals surface area contributed by atoms with Gasteiger partial charge in [0.15, 0.2) is 0 Å². The van der Waals surface area contributed by atoms with Crippen LogP contribution < -0.4 is 5.73 Å². The molecule has 0 saturated heterocycles. The van der Waals surface area contributed by atoms with Gasteiger partial charge in [0.1, 0.15) is 12.2 Å². The molecule has 1 aromatic rings. The van der Waals surface area contributed by atoms with Crippen molar-refractivity contribution in [1.82, 2.24) is 14.8 Å². The van der Waals surface area contributed by atoms with Gasteiger partial charge in [0.05, 0.1) is 0 Å². The molecule has 0 atom stereocenters. The molecule has 1 heterocycles. The summed E-state index contributed by atoms with van der Waals surface area (Å²) < 4.78 is 1.99. The fraction of sp³-hybridized carbons (Fsp3) is 0.833. The van der Waals surface area contributed by atoms with Crippen LogP contribution >= 0.6 is 0 Å². The van der Waals surface area contributed by atoms with E-state index in [0.29, 0.717) is 6.04 Å². The Morgan fingerprint density at radius 3 is 2.69 bits per heavy atom. The molecule has 0 radical (unpaired) electrons. The van der Waals surface area contributed by atoms with Crippen LogP contribution in [-0.4, -0.2) is 20.3 Å². The molecule has 1 fully saturated rings. The predicted molar refractivity (Wildman–Crippen MR) is 64.1 cm³/mol. The minimum Gasteiger partial charge on any atom is -0.325 e. The Labute approximate surface area is 97.2 Å². The number of nitrogens with zero attached hydrogens (tertiary/aromatic N) is 3. The summed E-state index contributed by atoms with van der Waals surface area (Å²) in [4.78, 5) is 4.35. The van der Waals surface area contributed by atoms with E-state index < -0.39 is 0 Å². The Kier molecular flexibility index (Phi) is 3.28. The van der Waals surface area contributed by atoms with E-state index >= 15 is 0 Å². The zero-order chi connectivity index (χ0) is 11.6. The van der Waals surface area contributed by atoms with Gasteiger partial charge in [-0.05, 0) is 26.7 Å². The average molecular weight is 222 g/mol. The maximum Gasteiger partial charge on any atom is 0.138 e. The highest BCUT2D eigenvalue weighted by molar-refractivity contribution is 4.99. The molecule has 1 aliphatic rings. The van der Waals surface area contributed by atoms with Crippen molar-refractivity contribution in [3.05, 3.63) is 12.2 Å². The molecule has 1 aliphatic carbocycles. The molecule has 0 aliphatic heterocycles. The van der Waals surface area contributed by atoms with Crippen LogP contribution in [0.25, 0.3) is 0 Å². The van der Waals surface area contributed by atoms with E-state index in [9.17, 15) is 0 Å². The molecule has 0 aromatic carbocycles. The fourth-order valence-corrected chi connectivity index (χ4v) is 2.58. The zero-order valence-electron chi connectivity index (χ0n) is 10.3. The molecule has 0 spiro atoms. The Balaban J connectivity index is 2.10. The third-order valence-corrected chi connectivity index (χ3v) is 3.50. The van der Waals surface area contributed by atoms with Gasteiger partial charge >= 0.3 is 0 Å². The molecule has 2 N–H and O–H groups in total. The van der Waals surface area contributed by atoms with E-state index in [2.05, 4.69) is 23.9 Å². The van der Waals surface area contributed by atoms with E-state index in [-0.39, 0.29) is 5.54 Å². The Bertz CT molecular complexity index is 337. The van der Waals surface area contributed by atoms with E-state index in [4.69, 9.17) is 5.73 Å². The van der Waals surface area contributed by atoms with Crippen molar-refractivity contribution in [2.75, 3.05) is 0 Å². The molecule has 4 nitrogen and oxygen atoms in total. The van der Waals surface area contributed by atoms with Crippen molar-refractivity contribution in [1.29, 1.82) is 0 Å². The van der Waals surface area contributed by atoms with Crippen LogP contribution in [-0.2, 0) is 6.42 Å². The molecule has 0 bridgehead atoms. The van der Waals surface area contributed by atoms with Gasteiger partial charge in [-0.25, -0.2) is 9.67 Å². The van der Waals surface area contributed by atoms with Crippen molar-refractivity contribution >= 4 is 0 Å². The highest BCUT2D eigenvalue weighted by Crippen LogP contribution is 2.28. The van der Waals surface area contributed by atoms with Crippen LogP contribution in [0.2, 0.25) is 0 Å². The van der Waals surface area contributed by atoms with Gasteiger partial charge in [0, 0.05) is 18.0 Å². The monoisotopic (exact) mass is 222 g/mol. The predicted octanol–water partition coefficient (Wildman–Crippen LogP) is 2.06. The lowest BCUT2D eigenvalue weighted by molar-refractivity contribution is 0.283. The topological polar surface area (TPSA) is 56.7 Å². The summed E-state index contributed by atoms with van der Waals surface area (Å²) in [6.07, 6.45) is 8.59. The number of aromatic nitrogens is 3. The van der Waals surface area contributed by atoms with Crippen molar-refractivity contribution in [3.8, 4) is 0 Å². The molecule has 1 saturated carbocycles. The first kappa shape index (κ1) is 11.6. The van der Waals surface area contributed by atoms with Crippen molar-refractivity contribution in [2.45, 2.75) is 64.0 Å². The molecule has 1 aromatic heterocycles. The summed E-state index contributed by atoms with van der Waals surface area (Å²) in [6.45, 7) is 4.25. The fourth-order valence-electron chi connectivity index (χ4n) is 2.58. The largest absolute Gasteiger partial charge is 0.325 e. The molecule has 2 rings (SSSR count). The molecule has 0 amide bonds. The van der Waals surface area contributed by atoms with E-state index in [1.54, 1.807) is 6.33 Å². The number of nitrogens with two attached hydrogens (primary N) is 1. The molecule has 90 valence electrons. The normalized spacial score (nSPS) is 20.2. The van der Waals surface area contributed by atoms with Crippen molar-refractivity contribution < 1.29 is 0 Å². The van der Waals surface area contributed by atoms with Crippen LogP contribution in [0.1, 0.15) is 57.8 Å². The Morgan fingerprint density at radius 1 is 1.38 bits per heavy atom. The summed E-state index contributed by atoms with van der Waals surface area (Å²) in [5, 5.41) is 4.26. The minimum atomic E-state index is -0.0437. The number of hydrogen-bond acceptors (Lipinski definition) is 3. The average Bonchev–Trinajstić information content (AvgIpc) is 2.66. The molecule has 4 heteroatoms. The molecule has 16 heavy (non-hydrogen) atoms. The third-order valence-electron chi connectivity index (χ3n) is 3.50. The standard InChI is InChI=1S/C12H22N4/c1-10(2)16-11(14-9-15-16)8-12(13)6-4-3-5-7-12/h9-10H,3-8,13H2,1-2H3. The molecule has 0 unspecified atom stereocenters. The molecular formula is C12H22N4. The second kappa shape index (κ2) is 4.53. The van der Waals surface area contributed by atoms with Gasteiger partial charge in [-0.15, -0.1) is 0 Å². The summed E-state index contributed by atoms with van der Waals surface area (Å²) in [5.74, 6) is 1.04. The van der Waals surface area contributed by atoms with Crippen LogP contribution in [0.5, 0.6) is 0 Å². The van der Waals surface area contributed by atoms with Crippen LogP contribution in [0, 0.1) is 0 Å². The van der Waals surface area contributed by atoms with Gasteiger partial charge in [-0.3, -0.25) is 0 Å². The van der Waals surface area contributed by atoms with Gasteiger partial charge in [0.2, 0.25) is 0 Å². The maximum atomic E-state index is 6.44. The summed E-state index contributed by atoms with van der Waals surface area (Å²) in [6, 6.07) is 0.365. The lowest BCUT2D eigenvalue weighted by Crippen LogP contribution is -2.44. The van der Waals surface area contributed by atoms with Crippen LogP contribution in [0.4, 0.5) is 0 Å². The summed E-state index contributed by atoms with van der Waals surface area (Å²) in [7, 11) is 0. The quantitative estimate of drug-likeness (QED) is 0.851. The number of hydrogen-bond donors (Lipinski definition) is 1. The first-order chi connectivity index (χ1) is 7.61. The zero-order valence-corrected chi connectivity index (χ0v) is 10.3. The third kappa shape index (κ3) is 2.43. The van der Waals surface area contributed by atoms with E-state index in [1.165, 1.54) is 19.3 Å². The SMILES string of the molecule is CC(C)n1ncnc1CC1(N)CCCCC1. The highest BCUT2D eigenvalue weighted by Gasteiger charge is 2.29. The number of rotatable bonds is 3. The van der Waals surface area contributed by atoms with E-state index in [1.807, 2.05) is 4.68 Å². The Morgan fingerprint density at radius 2 is 2.06 bits per heavy atom. The van der Waals surface area contributed by atoms with Crippen molar-refractivity contribution in [3.63, 3.8) is 0 Å². The van der Waals surface area contributed by atoms with E-state index in [0.717, 1.165) is 25.1 Å². The van der Waals surface area contributed by atoms with Gasteiger partial charge in [-0.1, -0.05) is 19.3 Å². The lowest BCUT2D eigenvalue weighted by atomic mass is 9.80. The van der Waals surface area contributed by atoms with Crippen LogP contribution in [0.3, 0.4) is 0 Å².